The van der Waals surface area contributed by atoms with Crippen molar-refractivity contribution < 1.29 is 5.11 Å². The lowest BCUT2D eigenvalue weighted by Crippen LogP contribution is -1.95. The Kier molecular flexibility index (Phi) is 3.60. The van der Waals surface area contributed by atoms with E-state index in [-0.39, 0.29) is 0 Å². The van der Waals surface area contributed by atoms with Crippen LogP contribution in [0.15, 0.2) is 54.1 Å². The maximum atomic E-state index is 10.1. The van der Waals surface area contributed by atoms with E-state index in [0.717, 1.165) is 5.56 Å². The first-order chi connectivity index (χ1) is 8.16. The summed E-state index contributed by atoms with van der Waals surface area (Å²) in [5.41, 5.74) is 2.23. The Morgan fingerprint density at radius 1 is 1.12 bits per heavy atom. The average molecular weight is 226 g/mol. The molecule has 0 saturated heterocycles. The predicted molar refractivity (Wildman–Crippen MR) is 73.0 cm³/mol. The first kappa shape index (κ1) is 11.9. The molecule has 2 aromatic rings. The lowest BCUT2D eigenvalue weighted by atomic mass is 10.0. The van der Waals surface area contributed by atoms with Gasteiger partial charge in [0.1, 0.15) is 0 Å². The summed E-state index contributed by atoms with van der Waals surface area (Å²) in [6, 6.07) is 14.4. The molecule has 1 N–H and O–H groups in total. The number of benzene rings is 2. The minimum absolute atomic E-state index is 0.408. The number of aliphatic hydroxyl groups excluding tert-OH is 1. The summed E-state index contributed by atoms with van der Waals surface area (Å²) >= 11 is 0. The van der Waals surface area contributed by atoms with Crippen molar-refractivity contribution >= 4 is 10.8 Å². The van der Waals surface area contributed by atoms with Gasteiger partial charge in [0.25, 0.3) is 0 Å². The van der Waals surface area contributed by atoms with E-state index < -0.39 is 6.10 Å². The Hall–Kier alpha value is -1.60. The summed E-state index contributed by atoms with van der Waals surface area (Å²) in [5, 5.41) is 12.5. The number of hydrogen-bond acceptors (Lipinski definition) is 1. The molecule has 0 amide bonds. The molecule has 0 bridgehead atoms. The number of allylic oxidation sites excluding steroid dienone is 1. The van der Waals surface area contributed by atoms with Crippen LogP contribution in [-0.4, -0.2) is 5.11 Å². The van der Waals surface area contributed by atoms with Crippen molar-refractivity contribution in [2.75, 3.05) is 0 Å². The Morgan fingerprint density at radius 2 is 1.82 bits per heavy atom. The average Bonchev–Trinajstić information content (AvgIpc) is 2.35. The molecule has 17 heavy (non-hydrogen) atoms. The number of rotatable bonds is 3. The quantitative estimate of drug-likeness (QED) is 0.776. The van der Waals surface area contributed by atoms with Crippen molar-refractivity contribution in [3.05, 3.63) is 59.7 Å². The molecule has 1 nitrogen and oxygen atoms in total. The molecule has 2 rings (SSSR count). The Morgan fingerprint density at radius 3 is 2.53 bits per heavy atom. The van der Waals surface area contributed by atoms with E-state index >= 15 is 0 Å². The molecule has 0 aliphatic carbocycles. The second-order valence-electron chi connectivity index (χ2n) is 4.64. The zero-order valence-corrected chi connectivity index (χ0v) is 10.4. The van der Waals surface area contributed by atoms with Crippen LogP contribution in [0.5, 0.6) is 0 Å². The zero-order chi connectivity index (χ0) is 12.3. The number of fused-ring (bicyclic) bond motifs is 1. The number of aliphatic hydroxyl groups is 1. The van der Waals surface area contributed by atoms with Gasteiger partial charge in [-0.05, 0) is 42.7 Å². The third kappa shape index (κ3) is 2.95. The third-order valence-corrected chi connectivity index (χ3v) is 2.91. The summed E-state index contributed by atoms with van der Waals surface area (Å²) in [4.78, 5) is 0. The van der Waals surface area contributed by atoms with E-state index in [1.807, 2.05) is 32.0 Å². The molecule has 0 aliphatic rings. The fourth-order valence-electron chi connectivity index (χ4n) is 1.90. The van der Waals surface area contributed by atoms with Gasteiger partial charge in [-0.1, -0.05) is 48.0 Å². The van der Waals surface area contributed by atoms with Crippen LogP contribution < -0.4 is 0 Å². The first-order valence-electron chi connectivity index (χ1n) is 5.97. The SMILES string of the molecule is CC(C)=CCC(O)c1ccc2ccccc2c1. The summed E-state index contributed by atoms with van der Waals surface area (Å²) in [6.45, 7) is 4.10. The second-order valence-corrected chi connectivity index (χ2v) is 4.64. The van der Waals surface area contributed by atoms with E-state index in [1.54, 1.807) is 0 Å². The zero-order valence-electron chi connectivity index (χ0n) is 10.4. The van der Waals surface area contributed by atoms with Crippen LogP contribution in [0.4, 0.5) is 0 Å². The van der Waals surface area contributed by atoms with Crippen LogP contribution in [0.25, 0.3) is 10.8 Å². The summed E-state index contributed by atoms with van der Waals surface area (Å²) in [7, 11) is 0. The first-order valence-corrected chi connectivity index (χ1v) is 5.97. The van der Waals surface area contributed by atoms with Crippen LogP contribution in [0.2, 0.25) is 0 Å². The standard InChI is InChI=1S/C16H18O/c1-12(2)7-10-16(17)15-9-8-13-5-3-4-6-14(13)11-15/h3-9,11,16-17H,10H2,1-2H3. The lowest BCUT2D eigenvalue weighted by Gasteiger charge is -2.10. The molecule has 0 aromatic heterocycles. The van der Waals surface area contributed by atoms with E-state index in [1.165, 1.54) is 16.3 Å². The monoisotopic (exact) mass is 226 g/mol. The van der Waals surface area contributed by atoms with E-state index in [9.17, 15) is 5.11 Å². The molecule has 0 saturated carbocycles. The largest absolute Gasteiger partial charge is 0.388 e. The van der Waals surface area contributed by atoms with Gasteiger partial charge < -0.3 is 5.11 Å². The Labute approximate surface area is 102 Å². The molecule has 1 atom stereocenters. The molecule has 2 aromatic carbocycles. The fraction of sp³-hybridized carbons (Fsp3) is 0.250. The third-order valence-electron chi connectivity index (χ3n) is 2.91. The molecule has 0 heterocycles. The fourth-order valence-corrected chi connectivity index (χ4v) is 1.90. The number of hydrogen-bond donors (Lipinski definition) is 1. The van der Waals surface area contributed by atoms with Gasteiger partial charge in [-0.2, -0.15) is 0 Å². The van der Waals surface area contributed by atoms with Crippen molar-refractivity contribution in [3.8, 4) is 0 Å². The highest BCUT2D eigenvalue weighted by Gasteiger charge is 2.06. The molecule has 0 aliphatic heterocycles. The maximum absolute atomic E-state index is 10.1. The van der Waals surface area contributed by atoms with Gasteiger partial charge in [-0.3, -0.25) is 0 Å². The smallest absolute Gasteiger partial charge is 0.0824 e. The summed E-state index contributed by atoms with van der Waals surface area (Å²) < 4.78 is 0. The van der Waals surface area contributed by atoms with Crippen molar-refractivity contribution in [2.24, 2.45) is 0 Å². The van der Waals surface area contributed by atoms with Gasteiger partial charge in [-0.25, -0.2) is 0 Å². The molecule has 1 heteroatoms. The van der Waals surface area contributed by atoms with Crippen molar-refractivity contribution in [3.63, 3.8) is 0 Å². The molecular formula is C16H18O. The van der Waals surface area contributed by atoms with Crippen LogP contribution >= 0.6 is 0 Å². The normalized spacial score (nSPS) is 12.4. The summed E-state index contributed by atoms with van der Waals surface area (Å²) in [5.74, 6) is 0. The van der Waals surface area contributed by atoms with E-state index in [0.29, 0.717) is 6.42 Å². The van der Waals surface area contributed by atoms with Gasteiger partial charge in [0, 0.05) is 0 Å². The highest BCUT2D eigenvalue weighted by molar-refractivity contribution is 5.83. The second kappa shape index (κ2) is 5.15. The van der Waals surface area contributed by atoms with Gasteiger partial charge in [-0.15, -0.1) is 0 Å². The van der Waals surface area contributed by atoms with Gasteiger partial charge in [0.2, 0.25) is 0 Å². The molecule has 0 fully saturated rings. The van der Waals surface area contributed by atoms with Crippen molar-refractivity contribution in [2.45, 2.75) is 26.4 Å². The Balaban J connectivity index is 2.26. The van der Waals surface area contributed by atoms with E-state index in [2.05, 4.69) is 30.3 Å². The molecule has 0 spiro atoms. The highest BCUT2D eigenvalue weighted by Crippen LogP contribution is 2.22. The molecule has 0 radical (unpaired) electrons. The van der Waals surface area contributed by atoms with Crippen molar-refractivity contribution in [1.29, 1.82) is 0 Å². The van der Waals surface area contributed by atoms with Crippen LogP contribution in [0.1, 0.15) is 31.9 Å². The van der Waals surface area contributed by atoms with Crippen molar-refractivity contribution in [1.82, 2.24) is 0 Å². The van der Waals surface area contributed by atoms with Crippen LogP contribution in [0.3, 0.4) is 0 Å². The minimum atomic E-state index is -0.408. The predicted octanol–water partition coefficient (Wildman–Crippen LogP) is 4.23. The minimum Gasteiger partial charge on any atom is -0.388 e. The Bertz CT molecular complexity index is 536. The van der Waals surface area contributed by atoms with Crippen LogP contribution in [0, 0.1) is 0 Å². The van der Waals surface area contributed by atoms with Crippen LogP contribution in [-0.2, 0) is 0 Å². The summed E-state index contributed by atoms with van der Waals surface area (Å²) in [6.07, 6.45) is 2.34. The highest BCUT2D eigenvalue weighted by atomic mass is 16.3. The van der Waals surface area contributed by atoms with Gasteiger partial charge in [0.05, 0.1) is 6.10 Å². The molecule has 88 valence electrons. The molecular weight excluding hydrogens is 208 g/mol. The van der Waals surface area contributed by atoms with Gasteiger partial charge in [0.15, 0.2) is 0 Å². The topological polar surface area (TPSA) is 20.2 Å². The maximum Gasteiger partial charge on any atom is 0.0824 e. The lowest BCUT2D eigenvalue weighted by molar-refractivity contribution is 0.181. The van der Waals surface area contributed by atoms with Gasteiger partial charge >= 0.3 is 0 Å². The van der Waals surface area contributed by atoms with E-state index in [4.69, 9.17) is 0 Å². The molecule has 1 unspecified atom stereocenters.